The Bertz CT molecular complexity index is 610. The Balaban J connectivity index is 1.50. The van der Waals surface area contributed by atoms with Crippen LogP contribution in [0.4, 0.5) is 9.18 Å². The van der Waals surface area contributed by atoms with E-state index in [1.54, 1.807) is 11.0 Å². The maximum absolute atomic E-state index is 13.4. The minimum Gasteiger partial charge on any atom is -0.370 e. The summed E-state index contributed by atoms with van der Waals surface area (Å²) in [5.74, 6) is 0.231. The van der Waals surface area contributed by atoms with Crippen LogP contribution in [-0.4, -0.2) is 61.2 Å². The second kappa shape index (κ2) is 8.82. The molecular formula is C20H30FN3O2. The smallest absolute Gasteiger partial charge is 0.317 e. The van der Waals surface area contributed by atoms with Crippen molar-refractivity contribution in [3.63, 3.8) is 0 Å². The number of halogens is 1. The molecule has 0 spiro atoms. The summed E-state index contributed by atoms with van der Waals surface area (Å²) in [7, 11) is 0. The van der Waals surface area contributed by atoms with Crippen LogP contribution < -0.4 is 5.32 Å². The number of hydrogen-bond donors (Lipinski definition) is 1. The molecule has 2 fully saturated rings. The van der Waals surface area contributed by atoms with Crippen molar-refractivity contribution in [2.75, 3.05) is 39.3 Å². The number of likely N-dealkylation sites (tertiary alicyclic amines) is 1. The topological polar surface area (TPSA) is 44.8 Å². The summed E-state index contributed by atoms with van der Waals surface area (Å²) in [4.78, 5) is 16.8. The molecule has 1 aromatic rings. The Morgan fingerprint density at radius 1 is 1.35 bits per heavy atom. The van der Waals surface area contributed by atoms with E-state index in [2.05, 4.69) is 24.1 Å². The van der Waals surface area contributed by atoms with Gasteiger partial charge in [-0.2, -0.15) is 0 Å². The van der Waals surface area contributed by atoms with E-state index in [4.69, 9.17) is 4.74 Å². The van der Waals surface area contributed by atoms with Crippen molar-refractivity contribution >= 4 is 6.03 Å². The average molecular weight is 363 g/mol. The molecule has 0 aromatic heterocycles. The summed E-state index contributed by atoms with van der Waals surface area (Å²) in [6.45, 7) is 8.86. The monoisotopic (exact) mass is 363 g/mol. The quantitative estimate of drug-likeness (QED) is 0.894. The van der Waals surface area contributed by atoms with Crippen LogP contribution in [-0.2, 0) is 4.74 Å². The van der Waals surface area contributed by atoms with Crippen LogP contribution in [0.2, 0.25) is 0 Å². The number of nitrogens with zero attached hydrogens (tertiary/aromatic N) is 2. The molecule has 0 bridgehead atoms. The number of ether oxygens (including phenoxy) is 1. The molecule has 2 aliphatic rings. The third-order valence-electron chi connectivity index (χ3n) is 5.40. The van der Waals surface area contributed by atoms with Crippen molar-refractivity contribution < 1.29 is 13.9 Å². The highest BCUT2D eigenvalue weighted by molar-refractivity contribution is 5.74. The van der Waals surface area contributed by atoms with E-state index in [1.165, 1.54) is 25.0 Å². The van der Waals surface area contributed by atoms with E-state index in [-0.39, 0.29) is 18.0 Å². The van der Waals surface area contributed by atoms with Gasteiger partial charge >= 0.3 is 6.03 Å². The van der Waals surface area contributed by atoms with Gasteiger partial charge in [-0.1, -0.05) is 12.1 Å². The van der Waals surface area contributed by atoms with Gasteiger partial charge in [-0.05, 0) is 56.8 Å². The molecule has 0 radical (unpaired) electrons. The first kappa shape index (κ1) is 19.1. The zero-order valence-corrected chi connectivity index (χ0v) is 15.8. The highest BCUT2D eigenvalue weighted by Gasteiger charge is 2.27. The predicted octanol–water partition coefficient (Wildman–Crippen LogP) is 3.03. The predicted molar refractivity (Wildman–Crippen MR) is 99.5 cm³/mol. The first-order chi connectivity index (χ1) is 12.5. The summed E-state index contributed by atoms with van der Waals surface area (Å²) in [6, 6.07) is 6.93. The number of rotatable bonds is 4. The molecule has 3 rings (SSSR count). The van der Waals surface area contributed by atoms with Gasteiger partial charge in [-0.25, -0.2) is 9.18 Å². The number of urea groups is 1. The van der Waals surface area contributed by atoms with E-state index < -0.39 is 0 Å². The van der Waals surface area contributed by atoms with Crippen LogP contribution in [0, 0.1) is 11.7 Å². The lowest BCUT2D eigenvalue weighted by atomic mass is 9.97. The normalized spacial score (nSPS) is 24.7. The van der Waals surface area contributed by atoms with Crippen LogP contribution >= 0.6 is 0 Å². The minimum atomic E-state index is -0.278. The maximum atomic E-state index is 13.4. The van der Waals surface area contributed by atoms with Gasteiger partial charge in [0, 0.05) is 25.7 Å². The molecule has 6 heteroatoms. The number of carbonyl (C=O) groups is 1. The van der Waals surface area contributed by atoms with Crippen LogP contribution in [0.5, 0.6) is 0 Å². The second-order valence-electron chi connectivity index (χ2n) is 7.64. The molecule has 5 nitrogen and oxygen atoms in total. The maximum Gasteiger partial charge on any atom is 0.317 e. The van der Waals surface area contributed by atoms with Gasteiger partial charge in [0.1, 0.15) is 11.9 Å². The van der Waals surface area contributed by atoms with Gasteiger partial charge in [0.25, 0.3) is 0 Å². The number of piperidine rings is 1. The highest BCUT2D eigenvalue weighted by atomic mass is 19.1. The lowest BCUT2D eigenvalue weighted by Crippen LogP contribution is -2.49. The van der Waals surface area contributed by atoms with Crippen LogP contribution in [0.3, 0.4) is 0 Å². The standard InChI is InChI=1S/C20H30FN3O2/c1-15(2)23-8-4-5-16(13-23)12-22-20(25)24-9-10-26-19(14-24)17-6-3-7-18(21)11-17/h3,6-7,11,15-16,19H,4-5,8-10,12-14H2,1-2H3,(H,22,25). The second-order valence-corrected chi connectivity index (χ2v) is 7.64. The Labute approximate surface area is 155 Å². The third kappa shape index (κ3) is 4.95. The molecule has 1 aromatic carbocycles. The first-order valence-electron chi connectivity index (χ1n) is 9.67. The van der Waals surface area contributed by atoms with Crippen molar-refractivity contribution in [2.24, 2.45) is 5.92 Å². The fourth-order valence-electron chi connectivity index (χ4n) is 3.82. The molecule has 2 amide bonds. The molecular weight excluding hydrogens is 333 g/mol. The summed E-state index contributed by atoms with van der Waals surface area (Å²) < 4.78 is 19.2. The molecule has 2 aliphatic heterocycles. The van der Waals surface area contributed by atoms with Gasteiger partial charge in [-0.3, -0.25) is 0 Å². The lowest BCUT2D eigenvalue weighted by Gasteiger charge is -2.36. The number of nitrogens with one attached hydrogen (secondary N) is 1. The van der Waals surface area contributed by atoms with E-state index >= 15 is 0 Å². The van der Waals surface area contributed by atoms with E-state index in [0.717, 1.165) is 18.7 Å². The van der Waals surface area contributed by atoms with Gasteiger partial charge in [0.05, 0.1) is 13.2 Å². The summed E-state index contributed by atoms with van der Waals surface area (Å²) >= 11 is 0. The number of morpholine rings is 1. The van der Waals surface area contributed by atoms with Crippen molar-refractivity contribution in [3.8, 4) is 0 Å². The number of carbonyl (C=O) groups excluding carboxylic acids is 1. The zero-order chi connectivity index (χ0) is 18.5. The minimum absolute atomic E-state index is 0.0450. The van der Waals surface area contributed by atoms with E-state index in [1.807, 2.05) is 6.07 Å². The average Bonchev–Trinajstić information content (AvgIpc) is 2.66. The number of hydrogen-bond acceptors (Lipinski definition) is 3. The SMILES string of the molecule is CC(C)N1CCCC(CNC(=O)N2CCOC(c3cccc(F)c3)C2)C1. The molecule has 0 aliphatic carbocycles. The highest BCUT2D eigenvalue weighted by Crippen LogP contribution is 2.23. The van der Waals surface area contributed by atoms with Crippen molar-refractivity contribution in [1.29, 1.82) is 0 Å². The zero-order valence-electron chi connectivity index (χ0n) is 15.8. The molecule has 2 saturated heterocycles. The molecule has 2 atom stereocenters. The Hall–Kier alpha value is -1.66. The van der Waals surface area contributed by atoms with Gasteiger partial charge < -0.3 is 19.9 Å². The van der Waals surface area contributed by atoms with Crippen molar-refractivity contribution in [1.82, 2.24) is 15.1 Å². The Morgan fingerprint density at radius 2 is 2.19 bits per heavy atom. The van der Waals surface area contributed by atoms with E-state index in [0.29, 0.717) is 38.2 Å². The molecule has 2 unspecified atom stereocenters. The van der Waals surface area contributed by atoms with Crippen LogP contribution in [0.25, 0.3) is 0 Å². The fraction of sp³-hybridized carbons (Fsp3) is 0.650. The Morgan fingerprint density at radius 3 is 2.96 bits per heavy atom. The number of benzene rings is 1. The van der Waals surface area contributed by atoms with E-state index in [9.17, 15) is 9.18 Å². The van der Waals surface area contributed by atoms with Crippen LogP contribution in [0.1, 0.15) is 38.4 Å². The molecule has 144 valence electrons. The van der Waals surface area contributed by atoms with Gasteiger partial charge in [-0.15, -0.1) is 0 Å². The third-order valence-corrected chi connectivity index (χ3v) is 5.40. The van der Waals surface area contributed by atoms with Crippen molar-refractivity contribution in [2.45, 2.75) is 38.8 Å². The first-order valence-corrected chi connectivity index (χ1v) is 9.67. The summed E-state index contributed by atoms with van der Waals surface area (Å²) in [5.41, 5.74) is 0.780. The van der Waals surface area contributed by atoms with Gasteiger partial charge in [0.2, 0.25) is 0 Å². The lowest BCUT2D eigenvalue weighted by molar-refractivity contribution is -0.0157. The number of amides is 2. The fourth-order valence-corrected chi connectivity index (χ4v) is 3.82. The summed E-state index contributed by atoms with van der Waals surface area (Å²) in [5, 5.41) is 3.10. The summed E-state index contributed by atoms with van der Waals surface area (Å²) in [6.07, 6.45) is 2.09. The van der Waals surface area contributed by atoms with Crippen molar-refractivity contribution in [3.05, 3.63) is 35.6 Å². The largest absolute Gasteiger partial charge is 0.370 e. The molecule has 1 N–H and O–H groups in total. The van der Waals surface area contributed by atoms with Crippen LogP contribution in [0.15, 0.2) is 24.3 Å². The molecule has 26 heavy (non-hydrogen) atoms. The van der Waals surface area contributed by atoms with Gasteiger partial charge in [0.15, 0.2) is 0 Å². The molecule has 0 saturated carbocycles. The molecule has 2 heterocycles. The Kier molecular flexibility index (Phi) is 6.48.